The molecule has 1 aliphatic rings. The lowest BCUT2D eigenvalue weighted by Gasteiger charge is -2.26. The van der Waals surface area contributed by atoms with E-state index in [2.05, 4.69) is 5.32 Å². The van der Waals surface area contributed by atoms with Crippen molar-refractivity contribution in [3.05, 3.63) is 42.0 Å². The second kappa shape index (κ2) is 6.08. The maximum atomic E-state index is 12.2. The molecule has 0 aromatic heterocycles. The average molecular weight is 315 g/mol. The third-order valence-electron chi connectivity index (χ3n) is 3.65. The van der Waals surface area contributed by atoms with Gasteiger partial charge in [-0.15, -0.1) is 0 Å². The molecule has 1 amide bonds. The molecule has 0 aliphatic carbocycles. The first kappa shape index (κ1) is 15.0. The molecule has 0 radical (unpaired) electrons. The minimum atomic E-state index is -0.648. The number of amides is 1. The van der Waals surface area contributed by atoms with Gasteiger partial charge in [0.05, 0.1) is 19.9 Å². The first-order chi connectivity index (χ1) is 11.1. The molecule has 1 heterocycles. The Morgan fingerprint density at radius 1 is 1.13 bits per heavy atom. The van der Waals surface area contributed by atoms with E-state index in [1.165, 1.54) is 12.1 Å². The summed E-state index contributed by atoms with van der Waals surface area (Å²) in [4.78, 5) is 12.2. The summed E-state index contributed by atoms with van der Waals surface area (Å²) < 4.78 is 16.2. The highest BCUT2D eigenvalue weighted by molar-refractivity contribution is 5.98. The van der Waals surface area contributed by atoms with Crippen LogP contribution in [0.15, 0.2) is 36.4 Å². The number of nitrogens with one attached hydrogen (secondary N) is 1. The van der Waals surface area contributed by atoms with Gasteiger partial charge in [0.15, 0.2) is 17.6 Å². The van der Waals surface area contributed by atoms with Crippen LogP contribution in [0.1, 0.15) is 5.56 Å². The van der Waals surface area contributed by atoms with E-state index >= 15 is 0 Å². The monoisotopic (exact) mass is 315 g/mol. The molecule has 2 N–H and O–H groups in total. The fourth-order valence-electron chi connectivity index (χ4n) is 2.49. The van der Waals surface area contributed by atoms with Gasteiger partial charge in [0, 0.05) is 12.5 Å². The van der Waals surface area contributed by atoms with Crippen LogP contribution in [0.2, 0.25) is 0 Å². The lowest BCUT2D eigenvalue weighted by Crippen LogP contribution is -2.38. The van der Waals surface area contributed by atoms with Gasteiger partial charge < -0.3 is 24.6 Å². The zero-order valence-electron chi connectivity index (χ0n) is 12.8. The van der Waals surface area contributed by atoms with Crippen molar-refractivity contribution in [2.24, 2.45) is 0 Å². The van der Waals surface area contributed by atoms with Crippen LogP contribution >= 0.6 is 0 Å². The second-order valence-corrected chi connectivity index (χ2v) is 5.17. The fraction of sp³-hybridized carbons (Fsp3) is 0.235. The summed E-state index contributed by atoms with van der Waals surface area (Å²) in [5.74, 6) is 1.59. The Morgan fingerprint density at radius 2 is 1.91 bits per heavy atom. The number of rotatable bonds is 4. The van der Waals surface area contributed by atoms with E-state index in [4.69, 9.17) is 14.2 Å². The van der Waals surface area contributed by atoms with Gasteiger partial charge in [0.2, 0.25) is 0 Å². The van der Waals surface area contributed by atoms with Crippen molar-refractivity contribution >= 4 is 11.6 Å². The molecule has 3 rings (SSSR count). The van der Waals surface area contributed by atoms with Gasteiger partial charge in [-0.1, -0.05) is 6.07 Å². The normalized spacial score (nSPS) is 16.1. The van der Waals surface area contributed by atoms with Crippen LogP contribution < -0.4 is 19.5 Å². The molecular formula is C17H17NO5. The molecule has 120 valence electrons. The van der Waals surface area contributed by atoms with E-state index in [0.717, 1.165) is 5.56 Å². The number of phenols is 1. The predicted octanol–water partition coefficient (Wildman–Crippen LogP) is 2.35. The van der Waals surface area contributed by atoms with Crippen molar-refractivity contribution in [3.63, 3.8) is 0 Å². The molecule has 2 aromatic carbocycles. The van der Waals surface area contributed by atoms with Gasteiger partial charge in [-0.3, -0.25) is 4.79 Å². The summed E-state index contributed by atoms with van der Waals surface area (Å²) in [6.07, 6.45) is -0.253. The number of carbonyl (C=O) groups excluding carboxylic acids is 1. The van der Waals surface area contributed by atoms with Crippen LogP contribution in [-0.2, 0) is 11.2 Å². The second-order valence-electron chi connectivity index (χ2n) is 5.17. The van der Waals surface area contributed by atoms with E-state index in [1.54, 1.807) is 26.4 Å². The number of hydrogen-bond donors (Lipinski definition) is 2. The lowest BCUT2D eigenvalue weighted by molar-refractivity contribution is -0.123. The van der Waals surface area contributed by atoms with Gasteiger partial charge in [0.25, 0.3) is 5.91 Å². The smallest absolute Gasteiger partial charge is 0.265 e. The van der Waals surface area contributed by atoms with Gasteiger partial charge in [-0.05, 0) is 29.8 Å². The van der Waals surface area contributed by atoms with E-state index in [9.17, 15) is 9.90 Å². The first-order valence-electron chi connectivity index (χ1n) is 7.12. The molecule has 0 spiro atoms. The van der Waals surface area contributed by atoms with Gasteiger partial charge in [0.1, 0.15) is 11.5 Å². The third kappa shape index (κ3) is 3.01. The summed E-state index contributed by atoms with van der Waals surface area (Å²) in [6.45, 7) is 0. The topological polar surface area (TPSA) is 77.0 Å². The SMILES string of the molecule is COc1ccc(CC2Oc3ccc(O)cc3NC2=O)cc1OC. The maximum absolute atomic E-state index is 12.2. The highest BCUT2D eigenvalue weighted by Crippen LogP contribution is 2.34. The summed E-state index contributed by atoms with van der Waals surface area (Å²) in [7, 11) is 3.13. The molecule has 1 atom stereocenters. The Morgan fingerprint density at radius 3 is 2.65 bits per heavy atom. The predicted molar refractivity (Wildman–Crippen MR) is 84.4 cm³/mol. The summed E-state index contributed by atoms with van der Waals surface area (Å²) in [6, 6.07) is 10.1. The highest BCUT2D eigenvalue weighted by atomic mass is 16.5. The maximum Gasteiger partial charge on any atom is 0.265 e. The lowest BCUT2D eigenvalue weighted by atomic mass is 10.0. The minimum absolute atomic E-state index is 0.0750. The van der Waals surface area contributed by atoms with Crippen LogP contribution in [-0.4, -0.2) is 31.3 Å². The summed E-state index contributed by atoms with van der Waals surface area (Å²) in [5, 5.41) is 12.2. The van der Waals surface area contributed by atoms with Crippen molar-refractivity contribution in [1.82, 2.24) is 0 Å². The van der Waals surface area contributed by atoms with Crippen molar-refractivity contribution in [2.45, 2.75) is 12.5 Å². The van der Waals surface area contributed by atoms with Crippen LogP contribution in [0.3, 0.4) is 0 Å². The number of ether oxygens (including phenoxy) is 3. The number of benzene rings is 2. The van der Waals surface area contributed by atoms with Gasteiger partial charge in [-0.25, -0.2) is 0 Å². The van der Waals surface area contributed by atoms with Crippen molar-refractivity contribution in [2.75, 3.05) is 19.5 Å². The zero-order chi connectivity index (χ0) is 16.4. The van der Waals surface area contributed by atoms with Crippen molar-refractivity contribution in [3.8, 4) is 23.0 Å². The number of carbonyl (C=O) groups is 1. The van der Waals surface area contributed by atoms with Crippen LogP contribution in [0, 0.1) is 0 Å². The van der Waals surface area contributed by atoms with E-state index in [-0.39, 0.29) is 11.7 Å². The van der Waals surface area contributed by atoms with Crippen LogP contribution in [0.4, 0.5) is 5.69 Å². The summed E-state index contributed by atoms with van der Waals surface area (Å²) in [5.41, 5.74) is 1.36. The Balaban J connectivity index is 1.81. The number of methoxy groups -OCH3 is 2. The number of anilines is 1. The van der Waals surface area contributed by atoms with Crippen molar-refractivity contribution < 1.29 is 24.1 Å². The fourth-order valence-corrected chi connectivity index (χ4v) is 2.49. The standard InChI is InChI=1S/C17H17NO5/c1-21-14-5-3-10(7-15(14)22-2)8-16-17(20)18-12-9-11(19)4-6-13(12)23-16/h3-7,9,16,19H,8H2,1-2H3,(H,18,20). The molecule has 6 heteroatoms. The molecule has 23 heavy (non-hydrogen) atoms. The zero-order valence-corrected chi connectivity index (χ0v) is 12.8. The molecule has 1 unspecified atom stereocenters. The number of hydrogen-bond acceptors (Lipinski definition) is 5. The molecule has 0 saturated heterocycles. The largest absolute Gasteiger partial charge is 0.508 e. The van der Waals surface area contributed by atoms with Crippen molar-refractivity contribution in [1.29, 1.82) is 0 Å². The molecule has 2 aromatic rings. The van der Waals surface area contributed by atoms with Gasteiger partial charge in [-0.2, -0.15) is 0 Å². The van der Waals surface area contributed by atoms with Crippen LogP contribution in [0.25, 0.3) is 0 Å². The Kier molecular flexibility index (Phi) is 3.97. The molecular weight excluding hydrogens is 298 g/mol. The highest BCUT2D eigenvalue weighted by Gasteiger charge is 2.28. The Hall–Kier alpha value is -2.89. The first-order valence-corrected chi connectivity index (χ1v) is 7.12. The molecule has 1 aliphatic heterocycles. The number of aromatic hydroxyl groups is 1. The molecule has 0 saturated carbocycles. The quantitative estimate of drug-likeness (QED) is 0.905. The molecule has 0 bridgehead atoms. The molecule has 6 nitrogen and oxygen atoms in total. The van der Waals surface area contributed by atoms with E-state index in [0.29, 0.717) is 29.4 Å². The molecule has 0 fully saturated rings. The van der Waals surface area contributed by atoms with E-state index in [1.807, 2.05) is 12.1 Å². The third-order valence-corrected chi connectivity index (χ3v) is 3.65. The minimum Gasteiger partial charge on any atom is -0.508 e. The Labute approximate surface area is 133 Å². The van der Waals surface area contributed by atoms with Gasteiger partial charge >= 0.3 is 0 Å². The number of fused-ring (bicyclic) bond motifs is 1. The average Bonchev–Trinajstić information content (AvgIpc) is 2.55. The van der Waals surface area contributed by atoms with Crippen LogP contribution in [0.5, 0.6) is 23.0 Å². The Bertz CT molecular complexity index is 744. The summed E-state index contributed by atoms with van der Waals surface area (Å²) >= 11 is 0. The number of phenolic OH excluding ortho intramolecular Hbond substituents is 1. The van der Waals surface area contributed by atoms with E-state index < -0.39 is 6.10 Å².